The third kappa shape index (κ3) is 5.96. The van der Waals surface area contributed by atoms with Gasteiger partial charge in [-0.15, -0.1) is 0 Å². The van der Waals surface area contributed by atoms with Gasteiger partial charge in [-0.1, -0.05) is 23.2 Å². The molecule has 12 heteroatoms. The smallest absolute Gasteiger partial charge is 0.303 e. The van der Waals surface area contributed by atoms with E-state index < -0.39 is 47.0 Å². The van der Waals surface area contributed by atoms with E-state index in [1.807, 2.05) is 0 Å². The summed E-state index contributed by atoms with van der Waals surface area (Å²) in [4.78, 5) is 45.2. The molecular weight excluding hydrogens is 443 g/mol. The molecule has 4 atom stereocenters. The van der Waals surface area contributed by atoms with E-state index >= 15 is 0 Å². The molecule has 1 aromatic rings. The summed E-state index contributed by atoms with van der Waals surface area (Å²) in [5.74, 6) is -2.30. The summed E-state index contributed by atoms with van der Waals surface area (Å²) in [7, 11) is 0. The lowest BCUT2D eigenvalue weighted by atomic mass is 10.1. The monoisotopic (exact) mass is 462 g/mol. The van der Waals surface area contributed by atoms with Gasteiger partial charge in [-0.2, -0.15) is 0 Å². The SMILES string of the molecule is CC(=O)OCC1C[C@@H](Nc2cc(Cl)c(Cl)cc2[N+](=O)[O-])[C@@H](OC(C)=O)C1OC(C)=O. The number of nitro benzene ring substituents is 1. The van der Waals surface area contributed by atoms with Crippen LogP contribution in [0.3, 0.4) is 0 Å². The molecule has 1 N–H and O–H groups in total. The molecule has 0 radical (unpaired) electrons. The fourth-order valence-electron chi connectivity index (χ4n) is 3.32. The number of esters is 3. The molecule has 0 aliphatic heterocycles. The molecule has 30 heavy (non-hydrogen) atoms. The summed E-state index contributed by atoms with van der Waals surface area (Å²) < 4.78 is 15.7. The zero-order valence-corrected chi connectivity index (χ0v) is 17.9. The number of carbonyl (C=O) groups excluding carboxylic acids is 3. The average molecular weight is 463 g/mol. The molecule has 1 fully saturated rings. The van der Waals surface area contributed by atoms with Gasteiger partial charge in [-0.3, -0.25) is 24.5 Å². The van der Waals surface area contributed by atoms with Crippen LogP contribution in [-0.4, -0.2) is 47.7 Å². The Labute approximate surface area is 181 Å². The van der Waals surface area contributed by atoms with Gasteiger partial charge in [0.25, 0.3) is 5.69 Å². The number of ether oxygens (including phenoxy) is 3. The van der Waals surface area contributed by atoms with Crippen molar-refractivity contribution in [1.82, 2.24) is 0 Å². The number of halogens is 2. The van der Waals surface area contributed by atoms with Crippen LogP contribution in [0.25, 0.3) is 0 Å². The second-order valence-electron chi connectivity index (χ2n) is 6.74. The van der Waals surface area contributed by atoms with Crippen molar-refractivity contribution in [2.24, 2.45) is 5.92 Å². The zero-order valence-electron chi connectivity index (χ0n) is 16.3. The lowest BCUT2D eigenvalue weighted by Crippen LogP contribution is -2.41. The minimum Gasteiger partial charge on any atom is -0.465 e. The third-order valence-electron chi connectivity index (χ3n) is 4.42. The van der Waals surface area contributed by atoms with E-state index in [9.17, 15) is 24.5 Å². The minimum atomic E-state index is -0.985. The van der Waals surface area contributed by atoms with Gasteiger partial charge in [0.15, 0.2) is 6.10 Å². The first-order valence-electron chi connectivity index (χ1n) is 8.87. The standard InChI is InChI=1S/C18H20Cl2N2O8/c1-8(23)28-7-11-4-15(18(30-10(3)25)17(11)29-9(2)24)21-14-5-12(19)13(20)6-16(14)22(26)27/h5-6,11,15,17-18,21H,4,7H2,1-3H3/t11?,15-,17?,18-/m1/s1. The maximum absolute atomic E-state index is 11.7. The van der Waals surface area contributed by atoms with Crippen molar-refractivity contribution in [1.29, 1.82) is 0 Å². The van der Waals surface area contributed by atoms with Gasteiger partial charge in [0.2, 0.25) is 0 Å². The largest absolute Gasteiger partial charge is 0.465 e. The zero-order chi connectivity index (χ0) is 22.6. The highest BCUT2D eigenvalue weighted by Crippen LogP contribution is 2.38. The summed E-state index contributed by atoms with van der Waals surface area (Å²) in [6, 6.07) is 1.68. The highest BCUT2D eigenvalue weighted by atomic mass is 35.5. The topological polar surface area (TPSA) is 134 Å². The van der Waals surface area contributed by atoms with Crippen LogP contribution in [0.15, 0.2) is 12.1 Å². The summed E-state index contributed by atoms with van der Waals surface area (Å²) in [5.41, 5.74) is -0.287. The molecule has 1 saturated carbocycles. The molecule has 0 heterocycles. The third-order valence-corrected chi connectivity index (χ3v) is 5.14. The molecule has 0 aromatic heterocycles. The predicted octanol–water partition coefficient (Wildman–Crippen LogP) is 3.13. The Hall–Kier alpha value is -2.59. The van der Waals surface area contributed by atoms with Gasteiger partial charge in [-0.05, 0) is 12.5 Å². The van der Waals surface area contributed by atoms with Gasteiger partial charge in [-0.25, -0.2) is 0 Å². The van der Waals surface area contributed by atoms with Gasteiger partial charge in [0, 0.05) is 32.8 Å². The normalized spacial score (nSPS) is 22.8. The number of nitrogens with one attached hydrogen (secondary N) is 1. The number of rotatable bonds is 7. The van der Waals surface area contributed by atoms with Crippen molar-refractivity contribution in [2.45, 2.75) is 45.4 Å². The predicted molar refractivity (Wildman–Crippen MR) is 106 cm³/mol. The van der Waals surface area contributed by atoms with Crippen molar-refractivity contribution >= 4 is 52.5 Å². The molecule has 10 nitrogen and oxygen atoms in total. The van der Waals surface area contributed by atoms with Crippen molar-refractivity contribution in [3.8, 4) is 0 Å². The first kappa shape index (κ1) is 23.7. The average Bonchev–Trinajstić information content (AvgIpc) is 2.91. The van der Waals surface area contributed by atoms with E-state index in [1.165, 1.54) is 26.8 Å². The number of benzene rings is 1. The Balaban J connectivity index is 2.39. The van der Waals surface area contributed by atoms with Crippen molar-refractivity contribution in [3.63, 3.8) is 0 Å². The van der Waals surface area contributed by atoms with Crippen LogP contribution in [0.5, 0.6) is 0 Å². The maximum Gasteiger partial charge on any atom is 0.303 e. The van der Waals surface area contributed by atoms with Crippen LogP contribution in [0.2, 0.25) is 10.0 Å². The Morgan fingerprint density at radius 3 is 2.17 bits per heavy atom. The van der Waals surface area contributed by atoms with Crippen molar-refractivity contribution in [2.75, 3.05) is 11.9 Å². The lowest BCUT2D eigenvalue weighted by molar-refractivity contribution is -0.384. The number of carbonyl (C=O) groups is 3. The molecule has 164 valence electrons. The summed E-state index contributed by atoms with van der Waals surface area (Å²) >= 11 is 11.9. The van der Waals surface area contributed by atoms with E-state index in [0.717, 1.165) is 6.07 Å². The lowest BCUT2D eigenvalue weighted by Gasteiger charge is -2.26. The van der Waals surface area contributed by atoms with E-state index in [-0.39, 0.29) is 34.4 Å². The second kappa shape index (κ2) is 9.94. The van der Waals surface area contributed by atoms with Gasteiger partial charge >= 0.3 is 17.9 Å². The number of nitro groups is 1. The Bertz CT molecular complexity index is 863. The van der Waals surface area contributed by atoms with Crippen molar-refractivity contribution < 1.29 is 33.5 Å². The Morgan fingerprint density at radius 1 is 1.07 bits per heavy atom. The molecule has 1 aromatic carbocycles. The van der Waals surface area contributed by atoms with Crippen LogP contribution in [0.4, 0.5) is 11.4 Å². The van der Waals surface area contributed by atoms with Gasteiger partial charge in [0.05, 0.1) is 27.6 Å². The van der Waals surface area contributed by atoms with E-state index in [0.29, 0.717) is 0 Å². The fraction of sp³-hybridized carbons (Fsp3) is 0.500. The highest BCUT2D eigenvalue weighted by molar-refractivity contribution is 6.42. The Morgan fingerprint density at radius 2 is 1.63 bits per heavy atom. The van der Waals surface area contributed by atoms with Crippen LogP contribution in [0, 0.1) is 16.0 Å². The molecule has 2 rings (SSSR count). The molecule has 0 spiro atoms. The Kier molecular flexibility index (Phi) is 7.85. The molecule has 0 amide bonds. The number of hydrogen-bond donors (Lipinski definition) is 1. The number of nitrogens with zero attached hydrogens (tertiary/aromatic N) is 1. The second-order valence-corrected chi connectivity index (χ2v) is 7.55. The first-order chi connectivity index (χ1) is 14.0. The maximum atomic E-state index is 11.7. The minimum absolute atomic E-state index is 0.00222. The van der Waals surface area contributed by atoms with E-state index in [2.05, 4.69) is 5.32 Å². The van der Waals surface area contributed by atoms with E-state index in [4.69, 9.17) is 37.4 Å². The molecule has 2 unspecified atom stereocenters. The first-order valence-corrected chi connectivity index (χ1v) is 9.63. The van der Waals surface area contributed by atoms with Gasteiger partial charge in [0.1, 0.15) is 11.8 Å². The van der Waals surface area contributed by atoms with Crippen LogP contribution >= 0.6 is 23.2 Å². The van der Waals surface area contributed by atoms with E-state index in [1.54, 1.807) is 0 Å². The number of anilines is 1. The summed E-state index contributed by atoms with van der Waals surface area (Å²) in [6.07, 6.45) is -1.69. The quantitative estimate of drug-likeness (QED) is 0.280. The van der Waals surface area contributed by atoms with Crippen LogP contribution in [0.1, 0.15) is 27.2 Å². The van der Waals surface area contributed by atoms with Gasteiger partial charge < -0.3 is 19.5 Å². The summed E-state index contributed by atoms with van der Waals surface area (Å²) in [5, 5.41) is 14.4. The van der Waals surface area contributed by atoms with Crippen LogP contribution < -0.4 is 5.32 Å². The molecular formula is C18H20Cl2N2O8. The molecule has 0 bridgehead atoms. The van der Waals surface area contributed by atoms with Crippen LogP contribution in [-0.2, 0) is 28.6 Å². The van der Waals surface area contributed by atoms with Crippen molar-refractivity contribution in [3.05, 3.63) is 32.3 Å². The molecule has 0 saturated heterocycles. The highest BCUT2D eigenvalue weighted by Gasteiger charge is 2.48. The fourth-order valence-corrected chi connectivity index (χ4v) is 3.64. The summed E-state index contributed by atoms with van der Waals surface area (Å²) in [6.45, 7) is 3.52. The molecule has 1 aliphatic carbocycles. The number of hydrogen-bond acceptors (Lipinski definition) is 9. The molecule has 1 aliphatic rings.